The standard InChI is InChI=1S/C21H19BrN4O3S/c1-12-7-9-14(10-8-12)30(27,28)26-20-16(11-23)19(15-5-3-4-6-17(15)22)18-13(2)24-25-21(18)29-20/h3-10,18-19,21,25-26H,1-2H3. The first-order valence-electron chi connectivity index (χ1n) is 9.26. The third-order valence-electron chi connectivity index (χ3n) is 5.26. The van der Waals surface area contributed by atoms with Gasteiger partial charge in [0, 0.05) is 16.1 Å². The van der Waals surface area contributed by atoms with E-state index in [4.69, 9.17) is 4.74 Å². The van der Waals surface area contributed by atoms with Crippen LogP contribution in [0.25, 0.3) is 0 Å². The molecule has 2 aromatic rings. The number of aryl methyl sites for hydroxylation is 1. The predicted octanol–water partition coefficient (Wildman–Crippen LogP) is 3.51. The third-order valence-corrected chi connectivity index (χ3v) is 7.32. The van der Waals surface area contributed by atoms with Gasteiger partial charge in [0.25, 0.3) is 10.0 Å². The number of ether oxygens (including phenoxy) is 1. The van der Waals surface area contributed by atoms with Crippen LogP contribution in [0.3, 0.4) is 0 Å². The number of rotatable bonds is 4. The Kier molecular flexibility index (Phi) is 5.30. The summed E-state index contributed by atoms with van der Waals surface area (Å²) in [5.74, 6) is -0.762. The molecule has 30 heavy (non-hydrogen) atoms. The highest BCUT2D eigenvalue weighted by Gasteiger charge is 2.46. The second-order valence-electron chi connectivity index (χ2n) is 7.22. The van der Waals surface area contributed by atoms with Gasteiger partial charge in [-0.25, -0.2) is 13.1 Å². The van der Waals surface area contributed by atoms with E-state index in [2.05, 4.69) is 37.2 Å². The van der Waals surface area contributed by atoms with Gasteiger partial charge >= 0.3 is 0 Å². The lowest BCUT2D eigenvalue weighted by atomic mass is 9.77. The van der Waals surface area contributed by atoms with Crippen LogP contribution < -0.4 is 10.1 Å². The molecule has 3 unspecified atom stereocenters. The predicted molar refractivity (Wildman–Crippen MR) is 116 cm³/mol. The van der Waals surface area contributed by atoms with E-state index in [9.17, 15) is 13.7 Å². The Morgan fingerprint density at radius 1 is 1.17 bits per heavy atom. The molecule has 2 aromatic carbocycles. The van der Waals surface area contributed by atoms with Crippen molar-refractivity contribution in [3.63, 3.8) is 0 Å². The zero-order chi connectivity index (χ0) is 21.5. The van der Waals surface area contributed by atoms with Gasteiger partial charge in [-0.15, -0.1) is 0 Å². The van der Waals surface area contributed by atoms with Crippen LogP contribution in [-0.2, 0) is 14.8 Å². The van der Waals surface area contributed by atoms with Gasteiger partial charge in [-0.2, -0.15) is 10.4 Å². The highest BCUT2D eigenvalue weighted by molar-refractivity contribution is 9.10. The summed E-state index contributed by atoms with van der Waals surface area (Å²) in [6, 6.07) is 16.2. The fourth-order valence-electron chi connectivity index (χ4n) is 3.74. The Balaban J connectivity index is 1.81. The molecule has 0 aliphatic carbocycles. The molecule has 154 valence electrons. The van der Waals surface area contributed by atoms with Gasteiger partial charge in [-0.3, -0.25) is 5.43 Å². The molecule has 3 atom stereocenters. The number of sulfonamides is 1. The van der Waals surface area contributed by atoms with Gasteiger partial charge in [0.15, 0.2) is 6.23 Å². The summed E-state index contributed by atoms with van der Waals surface area (Å²) in [6.07, 6.45) is -0.588. The smallest absolute Gasteiger partial charge is 0.264 e. The van der Waals surface area contributed by atoms with Crippen LogP contribution in [0.2, 0.25) is 0 Å². The maximum Gasteiger partial charge on any atom is 0.264 e. The largest absolute Gasteiger partial charge is 0.452 e. The van der Waals surface area contributed by atoms with Gasteiger partial charge < -0.3 is 4.74 Å². The lowest BCUT2D eigenvalue weighted by molar-refractivity contribution is 0.0412. The SMILES string of the molecule is CC1=NNC2OC(NS(=O)(=O)c3ccc(C)cc3)=C(C#N)C(c3ccccc3Br)C12. The first-order valence-corrected chi connectivity index (χ1v) is 11.5. The Hall–Kier alpha value is -2.83. The molecule has 0 saturated heterocycles. The monoisotopic (exact) mass is 486 g/mol. The second-order valence-corrected chi connectivity index (χ2v) is 9.76. The Labute approximate surface area is 183 Å². The maximum atomic E-state index is 12.9. The van der Waals surface area contributed by atoms with E-state index in [1.165, 1.54) is 12.1 Å². The van der Waals surface area contributed by atoms with Crippen LogP contribution in [-0.4, -0.2) is 20.4 Å². The molecule has 2 aliphatic rings. The molecule has 0 bridgehead atoms. The summed E-state index contributed by atoms with van der Waals surface area (Å²) in [4.78, 5) is 0.0906. The van der Waals surface area contributed by atoms with Crippen molar-refractivity contribution < 1.29 is 13.2 Å². The molecule has 0 saturated carbocycles. The number of allylic oxidation sites excluding steroid dienone is 1. The molecule has 2 heterocycles. The van der Waals surface area contributed by atoms with Crippen molar-refractivity contribution >= 4 is 31.7 Å². The number of nitriles is 1. The van der Waals surface area contributed by atoms with E-state index in [1.54, 1.807) is 12.1 Å². The number of fused-ring (bicyclic) bond motifs is 1. The molecule has 0 fully saturated rings. The summed E-state index contributed by atoms with van der Waals surface area (Å²) in [5, 5.41) is 14.3. The number of hydrogen-bond donors (Lipinski definition) is 2. The average Bonchev–Trinajstić information content (AvgIpc) is 3.08. The fraction of sp³-hybridized carbons (Fsp3) is 0.238. The highest BCUT2D eigenvalue weighted by Crippen LogP contribution is 2.44. The van der Waals surface area contributed by atoms with E-state index in [1.807, 2.05) is 38.1 Å². The zero-order valence-corrected chi connectivity index (χ0v) is 18.7. The van der Waals surface area contributed by atoms with Crippen LogP contribution in [0.5, 0.6) is 0 Å². The Morgan fingerprint density at radius 3 is 2.53 bits per heavy atom. The molecule has 0 aromatic heterocycles. The lowest BCUT2D eigenvalue weighted by Crippen LogP contribution is -2.44. The van der Waals surface area contributed by atoms with Crippen molar-refractivity contribution in [2.24, 2.45) is 11.0 Å². The van der Waals surface area contributed by atoms with E-state index >= 15 is 0 Å². The fourth-order valence-corrected chi connectivity index (χ4v) is 5.29. The van der Waals surface area contributed by atoms with Gasteiger partial charge in [0.2, 0.25) is 5.88 Å². The number of nitrogens with one attached hydrogen (secondary N) is 2. The first kappa shape index (κ1) is 20.4. The molecule has 0 amide bonds. The van der Waals surface area contributed by atoms with Crippen molar-refractivity contribution in [2.75, 3.05) is 0 Å². The molecule has 9 heteroatoms. The normalized spacial score (nSPS) is 23.0. The highest BCUT2D eigenvalue weighted by atomic mass is 79.9. The molecular weight excluding hydrogens is 468 g/mol. The molecule has 0 spiro atoms. The van der Waals surface area contributed by atoms with Crippen molar-refractivity contribution in [2.45, 2.75) is 30.9 Å². The summed E-state index contributed by atoms with van der Waals surface area (Å²) in [7, 11) is -3.94. The first-order chi connectivity index (χ1) is 14.3. The van der Waals surface area contributed by atoms with Gasteiger partial charge in [-0.05, 0) is 37.6 Å². The van der Waals surface area contributed by atoms with E-state index in [0.717, 1.165) is 21.3 Å². The molecule has 7 nitrogen and oxygen atoms in total. The lowest BCUT2D eigenvalue weighted by Gasteiger charge is -2.35. The maximum absolute atomic E-state index is 12.9. The quantitative estimate of drug-likeness (QED) is 0.687. The minimum absolute atomic E-state index is 0.0857. The van der Waals surface area contributed by atoms with Crippen LogP contribution in [0, 0.1) is 24.2 Å². The Bertz CT molecular complexity index is 1200. The van der Waals surface area contributed by atoms with E-state index in [-0.39, 0.29) is 22.3 Å². The molecular formula is C21H19BrN4O3S. The van der Waals surface area contributed by atoms with Crippen LogP contribution in [0.4, 0.5) is 0 Å². The van der Waals surface area contributed by atoms with Crippen LogP contribution in [0.15, 0.2) is 74.5 Å². The van der Waals surface area contributed by atoms with E-state index in [0.29, 0.717) is 0 Å². The second kappa shape index (κ2) is 7.78. The molecule has 0 radical (unpaired) electrons. The topological polar surface area (TPSA) is 104 Å². The molecule has 2 N–H and O–H groups in total. The van der Waals surface area contributed by atoms with Gasteiger partial charge in [0.1, 0.15) is 6.07 Å². The Morgan fingerprint density at radius 2 is 1.87 bits per heavy atom. The average molecular weight is 487 g/mol. The summed E-state index contributed by atoms with van der Waals surface area (Å²) in [6.45, 7) is 3.74. The van der Waals surface area contributed by atoms with Gasteiger partial charge in [-0.1, -0.05) is 51.8 Å². The van der Waals surface area contributed by atoms with E-state index < -0.39 is 22.2 Å². The van der Waals surface area contributed by atoms with Crippen molar-refractivity contribution in [1.82, 2.24) is 10.1 Å². The third kappa shape index (κ3) is 3.57. The van der Waals surface area contributed by atoms with Gasteiger partial charge in [0.05, 0.1) is 16.4 Å². The molecule has 2 aliphatic heterocycles. The number of halogens is 1. The number of benzene rings is 2. The minimum Gasteiger partial charge on any atom is -0.452 e. The number of nitrogens with zero attached hydrogens (tertiary/aromatic N) is 2. The van der Waals surface area contributed by atoms with Crippen LogP contribution in [0.1, 0.15) is 24.0 Å². The van der Waals surface area contributed by atoms with Crippen molar-refractivity contribution in [3.8, 4) is 6.07 Å². The van der Waals surface area contributed by atoms with Crippen LogP contribution >= 0.6 is 15.9 Å². The summed E-state index contributed by atoms with van der Waals surface area (Å²) < 4.78 is 35.1. The summed E-state index contributed by atoms with van der Waals surface area (Å²) >= 11 is 3.56. The summed E-state index contributed by atoms with van der Waals surface area (Å²) in [5.41, 5.74) is 5.70. The molecule has 4 rings (SSSR count). The minimum atomic E-state index is -3.94. The number of hydrogen-bond acceptors (Lipinski definition) is 6. The van der Waals surface area contributed by atoms with Crippen molar-refractivity contribution in [3.05, 3.63) is 75.6 Å². The number of hydrazone groups is 1. The van der Waals surface area contributed by atoms with Crippen molar-refractivity contribution in [1.29, 1.82) is 5.26 Å². The zero-order valence-electron chi connectivity index (χ0n) is 16.3.